The van der Waals surface area contributed by atoms with E-state index in [1.54, 1.807) is 24.0 Å². The zero-order valence-electron chi connectivity index (χ0n) is 14.1. The number of halogens is 3. The summed E-state index contributed by atoms with van der Waals surface area (Å²) in [4.78, 5) is 24.9. The first kappa shape index (κ1) is 19.7. The number of rotatable bonds is 7. The van der Waals surface area contributed by atoms with Crippen LogP contribution in [0.5, 0.6) is 11.5 Å². The van der Waals surface area contributed by atoms with Crippen molar-refractivity contribution in [3.05, 3.63) is 23.8 Å². The van der Waals surface area contributed by atoms with E-state index in [4.69, 9.17) is 9.47 Å². The topological polar surface area (TPSA) is 77.1 Å². The molecular formula is C16H19F3N2O5. The molecule has 0 bridgehead atoms. The van der Waals surface area contributed by atoms with Crippen molar-refractivity contribution in [2.24, 2.45) is 0 Å². The lowest BCUT2D eigenvalue weighted by atomic mass is 10.2. The minimum Gasteiger partial charge on any atom is -0.454 e. The van der Waals surface area contributed by atoms with Gasteiger partial charge in [0.05, 0.1) is 0 Å². The molecule has 0 atom stereocenters. The van der Waals surface area contributed by atoms with Gasteiger partial charge in [0.2, 0.25) is 12.7 Å². The van der Waals surface area contributed by atoms with Crippen molar-refractivity contribution in [2.45, 2.75) is 26.1 Å². The lowest BCUT2D eigenvalue weighted by Crippen LogP contribution is -2.35. The van der Waals surface area contributed by atoms with Crippen molar-refractivity contribution in [1.82, 2.24) is 10.2 Å². The second-order valence-corrected chi connectivity index (χ2v) is 5.46. The first-order chi connectivity index (χ1) is 12.3. The number of carbonyl (C=O) groups excluding carboxylic acids is 2. The Kier molecular flexibility index (Phi) is 6.53. The number of hydrogen-bond donors (Lipinski definition) is 1. The second kappa shape index (κ2) is 8.63. The first-order valence-electron chi connectivity index (χ1n) is 7.92. The van der Waals surface area contributed by atoms with Crippen LogP contribution in [0.2, 0.25) is 0 Å². The van der Waals surface area contributed by atoms with Gasteiger partial charge in [-0.1, -0.05) is 6.07 Å². The quantitative estimate of drug-likeness (QED) is 0.791. The van der Waals surface area contributed by atoms with Crippen LogP contribution in [-0.2, 0) is 16.1 Å². The highest BCUT2D eigenvalue weighted by Gasteiger charge is 2.29. The number of ether oxygens (including phenoxy) is 3. The minimum absolute atomic E-state index is 0.0560. The van der Waals surface area contributed by atoms with Gasteiger partial charge in [-0.05, 0) is 24.6 Å². The van der Waals surface area contributed by atoms with E-state index in [2.05, 4.69) is 10.1 Å². The molecule has 144 valence electrons. The molecule has 0 saturated heterocycles. The van der Waals surface area contributed by atoms with Crippen molar-refractivity contribution >= 4 is 12.0 Å². The zero-order valence-corrected chi connectivity index (χ0v) is 14.1. The number of amides is 2. The van der Waals surface area contributed by atoms with Gasteiger partial charge in [0.15, 0.2) is 18.1 Å². The van der Waals surface area contributed by atoms with Gasteiger partial charge >= 0.3 is 12.3 Å². The average molecular weight is 376 g/mol. The molecule has 7 nitrogen and oxygen atoms in total. The maximum atomic E-state index is 12.2. The van der Waals surface area contributed by atoms with Gasteiger partial charge in [-0.2, -0.15) is 13.2 Å². The highest BCUT2D eigenvalue weighted by molar-refractivity contribution is 5.77. The van der Waals surface area contributed by atoms with E-state index >= 15 is 0 Å². The van der Waals surface area contributed by atoms with Crippen molar-refractivity contribution in [1.29, 1.82) is 0 Å². The molecule has 0 saturated carbocycles. The molecule has 10 heteroatoms. The third-order valence-electron chi connectivity index (χ3n) is 3.52. The maximum Gasteiger partial charge on any atom is 0.422 e. The van der Waals surface area contributed by atoms with Gasteiger partial charge in [0.25, 0.3) is 0 Å². The summed E-state index contributed by atoms with van der Waals surface area (Å²) in [5.74, 6) is 1.01. The summed E-state index contributed by atoms with van der Waals surface area (Å²) in [6.07, 6.45) is -5.86. The number of fused-ring (bicyclic) bond motifs is 1. The van der Waals surface area contributed by atoms with Gasteiger partial charge in [-0.15, -0.1) is 0 Å². The Morgan fingerprint density at radius 1 is 1.27 bits per heavy atom. The standard InChI is InChI=1S/C16H19F3N2O5/c1-2-21(8-11-3-4-12-13(7-11)26-10-25-12)14(22)5-6-20-15(23)24-9-16(17,18)19/h3-4,7H,2,5-6,8-10H2,1H3,(H,20,23). The molecule has 0 unspecified atom stereocenters. The molecule has 1 aromatic rings. The molecule has 2 rings (SSSR count). The van der Waals surface area contributed by atoms with Crippen LogP contribution in [0.3, 0.4) is 0 Å². The predicted octanol–water partition coefficient (Wildman–Crippen LogP) is 2.44. The van der Waals surface area contributed by atoms with Crippen LogP contribution in [0.4, 0.5) is 18.0 Å². The van der Waals surface area contributed by atoms with E-state index in [1.165, 1.54) is 0 Å². The number of carbonyl (C=O) groups is 2. The smallest absolute Gasteiger partial charge is 0.422 e. The normalized spacial score (nSPS) is 12.6. The largest absolute Gasteiger partial charge is 0.454 e. The van der Waals surface area contributed by atoms with Crippen LogP contribution >= 0.6 is 0 Å². The molecule has 0 aromatic heterocycles. The Balaban J connectivity index is 1.77. The fraction of sp³-hybridized carbons (Fsp3) is 0.500. The molecule has 1 aromatic carbocycles. The molecule has 0 fully saturated rings. The average Bonchev–Trinajstić information content (AvgIpc) is 3.04. The highest BCUT2D eigenvalue weighted by Crippen LogP contribution is 2.32. The van der Waals surface area contributed by atoms with Crippen molar-refractivity contribution in [3.63, 3.8) is 0 Å². The predicted molar refractivity (Wildman–Crippen MR) is 83.7 cm³/mol. The first-order valence-corrected chi connectivity index (χ1v) is 7.92. The van der Waals surface area contributed by atoms with Crippen molar-refractivity contribution < 1.29 is 37.0 Å². The Bertz CT molecular complexity index is 651. The SMILES string of the molecule is CCN(Cc1ccc2c(c1)OCO2)C(=O)CCNC(=O)OCC(F)(F)F. The number of hydrogen-bond acceptors (Lipinski definition) is 5. The molecule has 26 heavy (non-hydrogen) atoms. The Hall–Kier alpha value is -2.65. The van der Waals surface area contributed by atoms with E-state index in [0.717, 1.165) is 5.56 Å². The number of nitrogens with zero attached hydrogens (tertiary/aromatic N) is 1. The summed E-state index contributed by atoms with van der Waals surface area (Å²) in [7, 11) is 0. The maximum absolute atomic E-state index is 12.2. The summed E-state index contributed by atoms with van der Waals surface area (Å²) >= 11 is 0. The monoisotopic (exact) mass is 376 g/mol. The third-order valence-corrected chi connectivity index (χ3v) is 3.52. The Morgan fingerprint density at radius 2 is 2.00 bits per heavy atom. The van der Waals surface area contributed by atoms with Gasteiger partial charge in [0.1, 0.15) is 0 Å². The molecule has 0 radical (unpaired) electrons. The molecular weight excluding hydrogens is 357 g/mol. The molecule has 1 aliphatic heterocycles. The summed E-state index contributed by atoms with van der Waals surface area (Å²) in [6.45, 7) is 0.947. The molecule has 1 heterocycles. The van der Waals surface area contributed by atoms with E-state index in [-0.39, 0.29) is 25.7 Å². The minimum atomic E-state index is -4.59. The van der Waals surface area contributed by atoms with Crippen LogP contribution in [0.25, 0.3) is 0 Å². The third kappa shape index (κ3) is 6.01. The molecule has 1 N–H and O–H groups in total. The van der Waals surface area contributed by atoms with Crippen LogP contribution in [0.1, 0.15) is 18.9 Å². The Morgan fingerprint density at radius 3 is 2.69 bits per heavy atom. The van der Waals surface area contributed by atoms with Crippen LogP contribution in [-0.4, -0.2) is 49.6 Å². The molecule has 2 amide bonds. The number of alkyl carbamates (subject to hydrolysis) is 1. The summed E-state index contributed by atoms with van der Waals surface area (Å²) < 4.78 is 50.3. The van der Waals surface area contributed by atoms with Crippen molar-refractivity contribution in [3.8, 4) is 11.5 Å². The number of alkyl halides is 3. The summed E-state index contributed by atoms with van der Waals surface area (Å²) in [5, 5.41) is 2.12. The highest BCUT2D eigenvalue weighted by atomic mass is 19.4. The molecule has 1 aliphatic rings. The van der Waals surface area contributed by atoms with Gasteiger partial charge in [0, 0.05) is 26.1 Å². The summed E-state index contributed by atoms with van der Waals surface area (Å²) in [6, 6.07) is 5.36. The fourth-order valence-electron chi connectivity index (χ4n) is 2.26. The number of benzene rings is 1. The van der Waals surface area contributed by atoms with Crippen molar-refractivity contribution in [2.75, 3.05) is 26.5 Å². The van der Waals surface area contributed by atoms with E-state index in [0.29, 0.717) is 24.6 Å². The molecule has 0 spiro atoms. The van der Waals surface area contributed by atoms with Gasteiger partial charge in [-0.25, -0.2) is 4.79 Å². The number of nitrogens with one attached hydrogen (secondary N) is 1. The lowest BCUT2D eigenvalue weighted by molar-refractivity contribution is -0.160. The van der Waals surface area contributed by atoms with E-state index in [9.17, 15) is 22.8 Å². The van der Waals surface area contributed by atoms with E-state index < -0.39 is 18.9 Å². The fourth-order valence-corrected chi connectivity index (χ4v) is 2.26. The van der Waals surface area contributed by atoms with Gasteiger partial charge in [-0.3, -0.25) is 4.79 Å². The Labute approximate surface area is 148 Å². The summed E-state index contributed by atoms with van der Waals surface area (Å²) in [5.41, 5.74) is 0.849. The lowest BCUT2D eigenvalue weighted by Gasteiger charge is -2.21. The van der Waals surface area contributed by atoms with Crippen LogP contribution in [0.15, 0.2) is 18.2 Å². The van der Waals surface area contributed by atoms with Gasteiger partial charge < -0.3 is 24.4 Å². The molecule has 0 aliphatic carbocycles. The van der Waals surface area contributed by atoms with Crippen LogP contribution in [0, 0.1) is 0 Å². The second-order valence-electron chi connectivity index (χ2n) is 5.46. The zero-order chi connectivity index (χ0) is 19.2. The van der Waals surface area contributed by atoms with E-state index in [1.807, 2.05) is 6.07 Å². The van der Waals surface area contributed by atoms with Crippen LogP contribution < -0.4 is 14.8 Å².